The molecule has 0 aromatic heterocycles. The number of nitrogens with zero attached hydrogens (tertiary/aromatic N) is 1. The molecule has 8 aromatic rings. The number of benzene rings is 8. The number of fused-ring (bicyclic) bond motifs is 1. The van der Waals surface area contributed by atoms with Crippen molar-refractivity contribution in [2.24, 2.45) is 0 Å². The molecule has 0 spiro atoms. The molecule has 0 fully saturated rings. The Hall–Kier alpha value is -6.96. The topological polar surface area (TPSA) is 3.24 Å². The Balaban J connectivity index is 1.19. The predicted octanol–water partition coefficient (Wildman–Crippen LogP) is 15.0. The Morgan fingerprint density at radius 1 is 0.393 bits per heavy atom. The highest BCUT2D eigenvalue weighted by Crippen LogP contribution is 2.40. The Morgan fingerprint density at radius 2 is 0.839 bits per heavy atom. The van der Waals surface area contributed by atoms with E-state index in [0.717, 1.165) is 22.6 Å². The minimum absolute atomic E-state index is 1.10. The van der Waals surface area contributed by atoms with E-state index in [2.05, 4.69) is 244 Å². The molecule has 0 bridgehead atoms. The van der Waals surface area contributed by atoms with Crippen molar-refractivity contribution >= 4 is 51.1 Å². The number of aryl methyl sites for hydroxylation is 3. The average molecular weight is 720 g/mol. The largest absolute Gasteiger partial charge is 0.310 e. The van der Waals surface area contributed by atoms with E-state index in [1.54, 1.807) is 0 Å². The van der Waals surface area contributed by atoms with E-state index in [4.69, 9.17) is 0 Å². The lowest BCUT2D eigenvalue weighted by Gasteiger charge is -2.27. The maximum Gasteiger partial charge on any atom is 0.0540 e. The second kappa shape index (κ2) is 16.6. The molecule has 56 heavy (non-hydrogen) atoms. The fourth-order valence-corrected chi connectivity index (χ4v) is 7.30. The van der Waals surface area contributed by atoms with Crippen LogP contribution in [0.2, 0.25) is 0 Å². The maximum absolute atomic E-state index is 2.38. The lowest BCUT2D eigenvalue weighted by molar-refractivity contribution is 1.29. The van der Waals surface area contributed by atoms with Gasteiger partial charge in [-0.3, -0.25) is 0 Å². The average Bonchev–Trinajstić information content (AvgIpc) is 3.25. The highest BCUT2D eigenvalue weighted by Gasteiger charge is 2.17. The maximum atomic E-state index is 2.38. The summed E-state index contributed by atoms with van der Waals surface area (Å²) in [5.74, 6) is 0. The minimum atomic E-state index is 1.10. The first-order valence-corrected chi connectivity index (χ1v) is 19.3. The SMILES string of the molecule is Cc1ccc(C(=C/C=C/c2ccc(N(c3ccc(C)cc3)c3ccc(C=C(c4ccccc4)c4ccccc4)cc3)c3ccccc23)c2ccc(C)cc2)cc1. The Morgan fingerprint density at radius 3 is 1.38 bits per heavy atom. The van der Waals surface area contributed by atoms with Gasteiger partial charge in [-0.2, -0.15) is 0 Å². The lowest BCUT2D eigenvalue weighted by atomic mass is 9.95. The van der Waals surface area contributed by atoms with Gasteiger partial charge < -0.3 is 4.90 Å². The van der Waals surface area contributed by atoms with Crippen LogP contribution in [0.4, 0.5) is 17.1 Å². The quantitative estimate of drug-likeness (QED) is 0.100. The summed E-state index contributed by atoms with van der Waals surface area (Å²) in [6, 6.07) is 69.9. The van der Waals surface area contributed by atoms with Crippen molar-refractivity contribution in [1.82, 2.24) is 0 Å². The molecule has 0 heterocycles. The van der Waals surface area contributed by atoms with E-state index in [9.17, 15) is 0 Å². The third kappa shape index (κ3) is 8.09. The molecule has 0 aliphatic rings. The predicted molar refractivity (Wildman–Crippen MR) is 242 cm³/mol. The van der Waals surface area contributed by atoms with Crippen LogP contribution in [0, 0.1) is 20.8 Å². The van der Waals surface area contributed by atoms with Crippen LogP contribution in [0.3, 0.4) is 0 Å². The molecule has 0 aliphatic heterocycles. The van der Waals surface area contributed by atoms with Crippen LogP contribution in [-0.2, 0) is 0 Å². The van der Waals surface area contributed by atoms with Crippen LogP contribution in [0.5, 0.6) is 0 Å². The first-order valence-electron chi connectivity index (χ1n) is 19.3. The summed E-state index contributed by atoms with van der Waals surface area (Å²) < 4.78 is 0. The van der Waals surface area contributed by atoms with Gasteiger partial charge in [0.25, 0.3) is 0 Å². The molecule has 0 saturated carbocycles. The summed E-state index contributed by atoms with van der Waals surface area (Å²) in [5, 5.41) is 2.39. The van der Waals surface area contributed by atoms with E-state index in [0.29, 0.717) is 0 Å². The zero-order chi connectivity index (χ0) is 38.3. The molecule has 0 saturated heterocycles. The third-order valence-electron chi connectivity index (χ3n) is 10.4. The van der Waals surface area contributed by atoms with Gasteiger partial charge >= 0.3 is 0 Å². The highest BCUT2D eigenvalue weighted by atomic mass is 15.1. The standard InChI is InChI=1S/C55H45N/c1-40-21-29-47(30-22-40)51(48-31-23-41(2)24-32-48)20-12-17-46-33-38-55(53-19-11-10-18-52(46)53)56(49-34-25-42(3)26-35-49)50-36-27-43(28-37-50)39-54(44-13-6-4-7-14-44)45-15-8-5-9-16-45/h4-39H,1-3H3/b17-12+. The third-order valence-corrected chi connectivity index (χ3v) is 10.4. The molecule has 0 N–H and O–H groups in total. The lowest BCUT2D eigenvalue weighted by Crippen LogP contribution is -2.10. The molecule has 270 valence electrons. The molecule has 0 unspecified atom stereocenters. The number of hydrogen-bond donors (Lipinski definition) is 0. The number of hydrogen-bond acceptors (Lipinski definition) is 1. The molecule has 0 atom stereocenters. The molecule has 1 nitrogen and oxygen atoms in total. The summed E-state index contributed by atoms with van der Waals surface area (Å²) in [7, 11) is 0. The van der Waals surface area contributed by atoms with Crippen molar-refractivity contribution in [2.75, 3.05) is 4.90 Å². The van der Waals surface area contributed by atoms with Crippen LogP contribution in [0.1, 0.15) is 50.1 Å². The van der Waals surface area contributed by atoms with Gasteiger partial charge in [0, 0.05) is 16.8 Å². The van der Waals surface area contributed by atoms with Gasteiger partial charge in [0.15, 0.2) is 0 Å². The number of allylic oxidation sites excluding steroid dienone is 2. The fourth-order valence-electron chi connectivity index (χ4n) is 7.30. The summed E-state index contributed by atoms with van der Waals surface area (Å²) in [6.07, 6.45) is 8.97. The molecular formula is C55H45N. The van der Waals surface area contributed by atoms with Crippen LogP contribution >= 0.6 is 0 Å². The number of anilines is 3. The Kier molecular flexibility index (Phi) is 10.7. The summed E-state index contributed by atoms with van der Waals surface area (Å²) in [6.45, 7) is 6.41. The van der Waals surface area contributed by atoms with E-state index in [-0.39, 0.29) is 0 Å². The molecule has 0 radical (unpaired) electrons. The number of rotatable bonds is 10. The van der Waals surface area contributed by atoms with Crippen molar-refractivity contribution in [3.8, 4) is 0 Å². The van der Waals surface area contributed by atoms with Crippen molar-refractivity contribution < 1.29 is 0 Å². The van der Waals surface area contributed by atoms with E-state index in [1.165, 1.54) is 66.4 Å². The molecule has 1 heteroatoms. The molecule has 8 aromatic carbocycles. The smallest absolute Gasteiger partial charge is 0.0540 e. The zero-order valence-electron chi connectivity index (χ0n) is 32.2. The molecular weight excluding hydrogens is 675 g/mol. The van der Waals surface area contributed by atoms with Gasteiger partial charge in [0.05, 0.1) is 5.69 Å². The van der Waals surface area contributed by atoms with Crippen LogP contribution < -0.4 is 4.90 Å². The van der Waals surface area contributed by atoms with Gasteiger partial charge in [0.1, 0.15) is 0 Å². The van der Waals surface area contributed by atoms with Crippen molar-refractivity contribution in [3.63, 3.8) is 0 Å². The fraction of sp³-hybridized carbons (Fsp3) is 0.0545. The normalized spacial score (nSPS) is 11.1. The van der Waals surface area contributed by atoms with Gasteiger partial charge in [0.2, 0.25) is 0 Å². The van der Waals surface area contributed by atoms with E-state index >= 15 is 0 Å². The van der Waals surface area contributed by atoms with E-state index in [1.807, 2.05) is 0 Å². The zero-order valence-corrected chi connectivity index (χ0v) is 32.2. The van der Waals surface area contributed by atoms with Gasteiger partial charge in [-0.1, -0.05) is 199 Å². The van der Waals surface area contributed by atoms with Gasteiger partial charge in [-0.05, 0) is 107 Å². The van der Waals surface area contributed by atoms with Crippen molar-refractivity contribution in [1.29, 1.82) is 0 Å². The van der Waals surface area contributed by atoms with E-state index < -0.39 is 0 Å². The van der Waals surface area contributed by atoms with Crippen LogP contribution in [0.15, 0.2) is 206 Å². The molecule has 8 rings (SSSR count). The van der Waals surface area contributed by atoms with Crippen molar-refractivity contribution in [2.45, 2.75) is 20.8 Å². The Bertz CT molecular complexity index is 2560. The first-order chi connectivity index (χ1) is 27.5. The Labute approximate surface area is 331 Å². The highest BCUT2D eigenvalue weighted by molar-refractivity contribution is 6.03. The van der Waals surface area contributed by atoms with Crippen LogP contribution in [-0.4, -0.2) is 0 Å². The van der Waals surface area contributed by atoms with Crippen molar-refractivity contribution in [3.05, 3.63) is 256 Å². The minimum Gasteiger partial charge on any atom is -0.310 e. The second-order valence-electron chi connectivity index (χ2n) is 14.4. The summed E-state index contributed by atoms with van der Waals surface area (Å²) >= 11 is 0. The molecule has 0 amide bonds. The van der Waals surface area contributed by atoms with Gasteiger partial charge in [-0.15, -0.1) is 0 Å². The first kappa shape index (κ1) is 36.0. The van der Waals surface area contributed by atoms with Gasteiger partial charge in [-0.25, -0.2) is 0 Å². The monoisotopic (exact) mass is 719 g/mol. The van der Waals surface area contributed by atoms with Crippen LogP contribution in [0.25, 0.3) is 34.1 Å². The second-order valence-corrected chi connectivity index (χ2v) is 14.4. The summed E-state index contributed by atoms with van der Waals surface area (Å²) in [5.41, 5.74) is 16.6. The summed E-state index contributed by atoms with van der Waals surface area (Å²) in [4.78, 5) is 2.38. The molecule has 0 aliphatic carbocycles.